The van der Waals surface area contributed by atoms with Crippen LogP contribution in [0.3, 0.4) is 0 Å². The molecule has 3 aromatic rings. The number of nitrogens with zero attached hydrogens (tertiary/aromatic N) is 7. The van der Waals surface area contributed by atoms with E-state index in [9.17, 15) is 0 Å². The first-order valence-corrected chi connectivity index (χ1v) is 6.82. The molecule has 1 aliphatic heterocycles. The van der Waals surface area contributed by atoms with Crippen molar-refractivity contribution in [3.05, 3.63) is 54.1 Å². The molecule has 7 heteroatoms. The fourth-order valence-corrected chi connectivity index (χ4v) is 2.75. The van der Waals surface area contributed by atoms with E-state index >= 15 is 0 Å². The Morgan fingerprint density at radius 3 is 2.76 bits per heavy atom. The van der Waals surface area contributed by atoms with Gasteiger partial charge in [-0.05, 0) is 6.07 Å². The van der Waals surface area contributed by atoms with Crippen molar-refractivity contribution in [1.82, 2.24) is 29.3 Å². The molecule has 0 aromatic carbocycles. The Morgan fingerprint density at radius 2 is 2.00 bits per heavy atom. The summed E-state index contributed by atoms with van der Waals surface area (Å²) in [5.74, 6) is 0.766. The second kappa shape index (κ2) is 4.69. The molecule has 4 rings (SSSR count). The third kappa shape index (κ3) is 2.06. The molecule has 0 unspecified atom stereocenters. The van der Waals surface area contributed by atoms with Gasteiger partial charge < -0.3 is 9.47 Å². The largest absolute Gasteiger partial charge is 0.331 e. The van der Waals surface area contributed by atoms with Gasteiger partial charge in [-0.2, -0.15) is 5.10 Å². The van der Waals surface area contributed by atoms with E-state index in [4.69, 9.17) is 0 Å². The molecule has 0 saturated heterocycles. The smallest absolute Gasteiger partial charge is 0.225 e. The molecule has 0 N–H and O–H groups in total. The molecule has 3 aromatic heterocycles. The van der Waals surface area contributed by atoms with Gasteiger partial charge in [0.25, 0.3) is 0 Å². The van der Waals surface area contributed by atoms with Crippen LogP contribution in [0.5, 0.6) is 0 Å². The summed E-state index contributed by atoms with van der Waals surface area (Å²) in [4.78, 5) is 14.9. The first kappa shape index (κ1) is 12.1. The van der Waals surface area contributed by atoms with Crippen LogP contribution in [-0.2, 0) is 26.7 Å². The Morgan fingerprint density at radius 1 is 1.14 bits per heavy atom. The van der Waals surface area contributed by atoms with Crippen molar-refractivity contribution in [3.8, 4) is 0 Å². The summed E-state index contributed by atoms with van der Waals surface area (Å²) in [5, 5.41) is 4.64. The summed E-state index contributed by atoms with van der Waals surface area (Å²) < 4.78 is 3.99. The van der Waals surface area contributed by atoms with Gasteiger partial charge in [0.05, 0.1) is 37.3 Å². The predicted molar refractivity (Wildman–Crippen MR) is 76.5 cm³/mol. The second-order valence-corrected chi connectivity index (χ2v) is 5.14. The SMILES string of the molecule is Cn1nc(Cn2ccnc2)c2c1CN(c1ncccn1)C2. The summed E-state index contributed by atoms with van der Waals surface area (Å²) in [6, 6.07) is 1.83. The molecule has 0 amide bonds. The lowest BCUT2D eigenvalue weighted by molar-refractivity contribution is 0.662. The molecular weight excluding hydrogens is 266 g/mol. The Labute approximate surface area is 121 Å². The van der Waals surface area contributed by atoms with Crippen LogP contribution in [0, 0.1) is 0 Å². The Kier molecular flexibility index (Phi) is 2.70. The number of imidazole rings is 1. The number of aromatic nitrogens is 6. The Bertz CT molecular complexity index is 745. The molecule has 0 bridgehead atoms. The highest BCUT2D eigenvalue weighted by atomic mass is 15.3. The fourth-order valence-electron chi connectivity index (χ4n) is 2.75. The molecule has 21 heavy (non-hydrogen) atoms. The molecule has 0 fully saturated rings. The van der Waals surface area contributed by atoms with Crippen molar-refractivity contribution >= 4 is 5.95 Å². The summed E-state index contributed by atoms with van der Waals surface area (Å²) >= 11 is 0. The van der Waals surface area contributed by atoms with E-state index in [0.717, 1.165) is 31.3 Å². The van der Waals surface area contributed by atoms with E-state index in [1.807, 2.05) is 34.9 Å². The van der Waals surface area contributed by atoms with Gasteiger partial charge in [-0.25, -0.2) is 15.0 Å². The van der Waals surface area contributed by atoms with Crippen molar-refractivity contribution in [2.75, 3.05) is 4.90 Å². The maximum absolute atomic E-state index is 4.64. The minimum atomic E-state index is 0.743. The van der Waals surface area contributed by atoms with Crippen molar-refractivity contribution < 1.29 is 0 Å². The molecule has 0 spiro atoms. The summed E-state index contributed by atoms with van der Waals surface area (Å²) in [7, 11) is 1.99. The van der Waals surface area contributed by atoms with E-state index in [1.54, 1.807) is 18.6 Å². The topological polar surface area (TPSA) is 64.7 Å². The number of hydrogen-bond acceptors (Lipinski definition) is 5. The van der Waals surface area contributed by atoms with Gasteiger partial charge in [0.2, 0.25) is 5.95 Å². The highest BCUT2D eigenvalue weighted by Crippen LogP contribution is 2.28. The molecule has 106 valence electrons. The van der Waals surface area contributed by atoms with Crippen LogP contribution < -0.4 is 4.90 Å². The molecule has 4 heterocycles. The summed E-state index contributed by atoms with van der Waals surface area (Å²) in [6.45, 7) is 2.34. The van der Waals surface area contributed by atoms with Crippen molar-refractivity contribution in [2.24, 2.45) is 7.05 Å². The molecule has 0 atom stereocenters. The minimum absolute atomic E-state index is 0.743. The maximum atomic E-state index is 4.64. The molecular formula is C14H15N7. The predicted octanol–water partition coefficient (Wildman–Crippen LogP) is 0.975. The van der Waals surface area contributed by atoms with Gasteiger partial charge >= 0.3 is 0 Å². The normalized spacial score (nSPS) is 13.7. The van der Waals surface area contributed by atoms with Crippen LogP contribution >= 0.6 is 0 Å². The van der Waals surface area contributed by atoms with Gasteiger partial charge in [-0.3, -0.25) is 4.68 Å². The average molecular weight is 281 g/mol. The molecule has 1 aliphatic rings. The second-order valence-electron chi connectivity index (χ2n) is 5.14. The maximum Gasteiger partial charge on any atom is 0.225 e. The van der Waals surface area contributed by atoms with Crippen LogP contribution in [0.15, 0.2) is 37.2 Å². The zero-order chi connectivity index (χ0) is 14.2. The number of hydrogen-bond donors (Lipinski definition) is 0. The van der Waals surface area contributed by atoms with Crippen LogP contribution in [0.1, 0.15) is 17.0 Å². The van der Waals surface area contributed by atoms with Crippen LogP contribution in [0.2, 0.25) is 0 Å². The monoisotopic (exact) mass is 281 g/mol. The van der Waals surface area contributed by atoms with Crippen molar-refractivity contribution in [2.45, 2.75) is 19.6 Å². The van der Waals surface area contributed by atoms with Crippen molar-refractivity contribution in [1.29, 1.82) is 0 Å². The van der Waals surface area contributed by atoms with Gasteiger partial charge in [0, 0.05) is 37.4 Å². The van der Waals surface area contributed by atoms with Crippen LogP contribution in [0.25, 0.3) is 0 Å². The fraction of sp³-hybridized carbons (Fsp3) is 0.286. The first-order chi connectivity index (χ1) is 10.3. The lowest BCUT2D eigenvalue weighted by Gasteiger charge is -2.15. The minimum Gasteiger partial charge on any atom is -0.331 e. The van der Waals surface area contributed by atoms with Gasteiger partial charge in [0.1, 0.15) is 0 Å². The van der Waals surface area contributed by atoms with E-state index in [1.165, 1.54) is 11.3 Å². The van der Waals surface area contributed by atoms with E-state index in [2.05, 4.69) is 25.0 Å². The number of anilines is 1. The van der Waals surface area contributed by atoms with Gasteiger partial charge in [0.15, 0.2) is 0 Å². The molecule has 0 radical (unpaired) electrons. The van der Waals surface area contributed by atoms with Gasteiger partial charge in [-0.1, -0.05) is 0 Å². The summed E-state index contributed by atoms with van der Waals surface area (Å²) in [6.07, 6.45) is 9.10. The highest BCUT2D eigenvalue weighted by molar-refractivity contribution is 5.42. The zero-order valence-electron chi connectivity index (χ0n) is 11.7. The van der Waals surface area contributed by atoms with Gasteiger partial charge in [-0.15, -0.1) is 0 Å². The lowest BCUT2D eigenvalue weighted by atomic mass is 10.2. The first-order valence-electron chi connectivity index (χ1n) is 6.82. The average Bonchev–Trinajstić information content (AvgIpc) is 3.21. The summed E-state index contributed by atoms with van der Waals surface area (Å²) in [5.41, 5.74) is 3.60. The van der Waals surface area contributed by atoms with E-state index in [-0.39, 0.29) is 0 Å². The number of fused-ring (bicyclic) bond motifs is 1. The van der Waals surface area contributed by atoms with Crippen LogP contribution in [0.4, 0.5) is 5.95 Å². The third-order valence-corrected chi connectivity index (χ3v) is 3.77. The lowest BCUT2D eigenvalue weighted by Crippen LogP contribution is -2.19. The Balaban J connectivity index is 1.63. The van der Waals surface area contributed by atoms with Crippen molar-refractivity contribution in [3.63, 3.8) is 0 Å². The van der Waals surface area contributed by atoms with E-state index < -0.39 is 0 Å². The Hall–Kier alpha value is -2.70. The molecule has 0 aliphatic carbocycles. The molecule has 7 nitrogen and oxygen atoms in total. The number of aryl methyl sites for hydroxylation is 1. The number of rotatable bonds is 3. The zero-order valence-corrected chi connectivity index (χ0v) is 11.7. The van der Waals surface area contributed by atoms with E-state index in [0.29, 0.717) is 0 Å². The quantitative estimate of drug-likeness (QED) is 0.716. The third-order valence-electron chi connectivity index (χ3n) is 3.77. The standard InChI is InChI=1S/C14H15N7/c1-19-13-9-21(14-16-3-2-4-17-14)7-11(13)12(18-19)8-20-6-5-15-10-20/h2-6,10H,7-9H2,1H3. The highest BCUT2D eigenvalue weighted by Gasteiger charge is 2.28. The van der Waals surface area contributed by atoms with Crippen LogP contribution in [-0.4, -0.2) is 29.3 Å². The molecule has 0 saturated carbocycles.